The van der Waals surface area contributed by atoms with Crippen LogP contribution in [0.5, 0.6) is 0 Å². The van der Waals surface area contributed by atoms with Crippen molar-refractivity contribution >= 4 is 28.6 Å². The maximum absolute atomic E-state index is 13.6. The summed E-state index contributed by atoms with van der Waals surface area (Å²) in [6.07, 6.45) is 0.696. The first-order valence-corrected chi connectivity index (χ1v) is 11.5. The van der Waals surface area contributed by atoms with Crippen LogP contribution < -0.4 is 16.6 Å². The minimum atomic E-state index is -0.800. The van der Waals surface area contributed by atoms with Crippen molar-refractivity contribution in [3.63, 3.8) is 0 Å². The van der Waals surface area contributed by atoms with Gasteiger partial charge in [0.25, 0.3) is 5.56 Å². The number of ether oxygens (including phenoxy) is 1. The third kappa shape index (κ3) is 4.43. The molecule has 4 aromatic rings. The molecule has 9 nitrogen and oxygen atoms in total. The number of anilines is 1. The minimum absolute atomic E-state index is 0.0143. The summed E-state index contributed by atoms with van der Waals surface area (Å²) < 4.78 is 6.94. The summed E-state index contributed by atoms with van der Waals surface area (Å²) in [7, 11) is 1.20. The lowest BCUT2D eigenvalue weighted by Crippen LogP contribution is -2.43. The molecule has 0 bridgehead atoms. The molecule has 0 unspecified atom stereocenters. The number of aromatic nitrogens is 3. The summed E-state index contributed by atoms with van der Waals surface area (Å²) in [6, 6.07) is 15.7. The van der Waals surface area contributed by atoms with Gasteiger partial charge in [-0.2, -0.15) is 0 Å². The molecule has 2 aromatic heterocycles. The fraction of sp³-hybridized carbons (Fsp3) is 0.222. The summed E-state index contributed by atoms with van der Waals surface area (Å²) >= 11 is 0. The fourth-order valence-corrected chi connectivity index (χ4v) is 4.21. The molecule has 9 heteroatoms. The van der Waals surface area contributed by atoms with Crippen LogP contribution in [0.15, 0.2) is 64.2 Å². The monoisotopic (exact) mass is 486 g/mol. The largest absolute Gasteiger partial charge is 0.465 e. The van der Waals surface area contributed by atoms with Crippen LogP contribution in [0.25, 0.3) is 16.7 Å². The maximum Gasteiger partial charge on any atom is 0.338 e. The molecule has 2 aromatic carbocycles. The van der Waals surface area contributed by atoms with Crippen LogP contribution >= 0.6 is 0 Å². The zero-order valence-corrected chi connectivity index (χ0v) is 20.5. The number of methoxy groups -OCH3 is 1. The number of esters is 1. The topological polar surface area (TPSA) is 112 Å². The average molecular weight is 487 g/mol. The van der Waals surface area contributed by atoms with Crippen LogP contribution in [0.2, 0.25) is 0 Å². The quantitative estimate of drug-likeness (QED) is 0.419. The number of hydrogen-bond donors (Lipinski definition) is 1. The lowest BCUT2D eigenvalue weighted by atomic mass is 10.1. The number of amides is 1. The second kappa shape index (κ2) is 9.99. The number of pyridine rings is 1. The van der Waals surface area contributed by atoms with Crippen LogP contribution in [-0.4, -0.2) is 33.1 Å². The highest BCUT2D eigenvalue weighted by Gasteiger charge is 2.24. The Labute approximate surface area is 207 Å². The van der Waals surface area contributed by atoms with Gasteiger partial charge in [0.05, 0.1) is 23.7 Å². The zero-order chi connectivity index (χ0) is 26.0. The van der Waals surface area contributed by atoms with Gasteiger partial charge >= 0.3 is 11.7 Å². The number of fused-ring (bicyclic) bond motifs is 1. The highest BCUT2D eigenvalue weighted by molar-refractivity contribution is 6.02. The highest BCUT2D eigenvalue weighted by atomic mass is 16.5. The average Bonchev–Trinajstić information content (AvgIpc) is 2.87. The van der Waals surface area contributed by atoms with Crippen molar-refractivity contribution in [2.75, 3.05) is 12.4 Å². The minimum Gasteiger partial charge on any atom is -0.465 e. The van der Waals surface area contributed by atoms with Gasteiger partial charge in [-0.25, -0.2) is 23.7 Å². The Morgan fingerprint density at radius 2 is 1.75 bits per heavy atom. The van der Waals surface area contributed by atoms with Crippen LogP contribution in [0.4, 0.5) is 5.69 Å². The first-order chi connectivity index (χ1) is 17.3. The van der Waals surface area contributed by atoms with Crippen molar-refractivity contribution in [2.45, 2.75) is 33.7 Å². The van der Waals surface area contributed by atoms with Crippen molar-refractivity contribution in [1.82, 2.24) is 14.1 Å². The van der Waals surface area contributed by atoms with E-state index < -0.39 is 29.7 Å². The number of benzene rings is 2. The van der Waals surface area contributed by atoms with Crippen molar-refractivity contribution in [3.05, 3.63) is 97.8 Å². The van der Waals surface area contributed by atoms with Crippen molar-refractivity contribution in [3.8, 4) is 5.69 Å². The molecule has 1 N–H and O–H groups in total. The molecule has 0 saturated carbocycles. The molecule has 36 heavy (non-hydrogen) atoms. The first-order valence-electron chi connectivity index (χ1n) is 11.5. The Kier molecular flexibility index (Phi) is 6.82. The normalized spacial score (nSPS) is 10.9. The Morgan fingerprint density at radius 1 is 1.03 bits per heavy atom. The van der Waals surface area contributed by atoms with Gasteiger partial charge in [0.15, 0.2) is 5.65 Å². The van der Waals surface area contributed by atoms with Gasteiger partial charge in [0.1, 0.15) is 6.54 Å². The van der Waals surface area contributed by atoms with Crippen molar-refractivity contribution in [1.29, 1.82) is 0 Å². The second-order valence-electron chi connectivity index (χ2n) is 8.36. The molecule has 0 aliphatic rings. The first kappa shape index (κ1) is 24.6. The predicted octanol–water partition coefficient (Wildman–Crippen LogP) is 3.15. The number of carbonyl (C=O) groups is 2. The Morgan fingerprint density at radius 3 is 2.42 bits per heavy atom. The molecule has 4 rings (SSSR count). The van der Waals surface area contributed by atoms with E-state index in [1.54, 1.807) is 37.3 Å². The SMILES string of the molecule is CCc1cccc(C)c1NC(=O)Cn1c(=O)c2c(C(=O)OC)cc(C)nc2n(-c2ccccc2)c1=O. The van der Waals surface area contributed by atoms with E-state index in [2.05, 4.69) is 10.3 Å². The number of nitrogens with one attached hydrogen (secondary N) is 1. The third-order valence-electron chi connectivity index (χ3n) is 5.95. The van der Waals surface area contributed by atoms with Crippen LogP contribution in [0, 0.1) is 13.8 Å². The van der Waals surface area contributed by atoms with Gasteiger partial charge in [0, 0.05) is 11.4 Å². The third-order valence-corrected chi connectivity index (χ3v) is 5.95. The van der Waals surface area contributed by atoms with Crippen molar-refractivity contribution < 1.29 is 14.3 Å². The smallest absolute Gasteiger partial charge is 0.338 e. The van der Waals surface area contributed by atoms with Gasteiger partial charge in [0.2, 0.25) is 5.91 Å². The molecule has 2 heterocycles. The molecule has 0 saturated heterocycles. The van der Waals surface area contributed by atoms with E-state index in [0.29, 0.717) is 23.5 Å². The molecular weight excluding hydrogens is 460 g/mol. The molecular formula is C27H26N4O5. The summed E-state index contributed by atoms with van der Waals surface area (Å²) in [5.41, 5.74) is 1.74. The fourth-order valence-electron chi connectivity index (χ4n) is 4.21. The van der Waals surface area contributed by atoms with E-state index in [4.69, 9.17) is 4.74 Å². The van der Waals surface area contributed by atoms with Gasteiger partial charge in [-0.15, -0.1) is 0 Å². The van der Waals surface area contributed by atoms with Gasteiger partial charge in [-0.3, -0.25) is 9.59 Å². The van der Waals surface area contributed by atoms with Gasteiger partial charge in [-0.05, 0) is 49.6 Å². The molecule has 0 spiro atoms. The molecule has 1 amide bonds. The Bertz CT molecular complexity index is 1600. The second-order valence-corrected chi connectivity index (χ2v) is 8.36. The van der Waals surface area contributed by atoms with Gasteiger partial charge < -0.3 is 10.1 Å². The maximum atomic E-state index is 13.6. The highest BCUT2D eigenvalue weighted by Crippen LogP contribution is 2.21. The lowest BCUT2D eigenvalue weighted by Gasteiger charge is -2.16. The Hall–Kier alpha value is -4.53. The number of carbonyl (C=O) groups excluding carboxylic acids is 2. The van der Waals surface area contributed by atoms with E-state index in [1.165, 1.54) is 17.7 Å². The summed E-state index contributed by atoms with van der Waals surface area (Å²) in [5, 5.41) is 2.74. The zero-order valence-electron chi connectivity index (χ0n) is 20.5. The Balaban J connectivity index is 1.95. The standard InChI is InChI=1S/C27H26N4O5/c1-5-18-11-9-10-16(2)23(18)29-21(32)15-30-25(33)22-20(26(34)36-4)14-17(3)28-24(22)31(27(30)35)19-12-7-6-8-13-19/h6-14H,5,15H2,1-4H3,(H,29,32). The lowest BCUT2D eigenvalue weighted by molar-refractivity contribution is -0.116. The molecule has 0 atom stereocenters. The summed E-state index contributed by atoms with van der Waals surface area (Å²) in [6.45, 7) is 4.95. The molecule has 0 aliphatic carbocycles. The van der Waals surface area contributed by atoms with E-state index in [-0.39, 0.29) is 16.6 Å². The molecule has 0 radical (unpaired) electrons. The number of hydrogen-bond acceptors (Lipinski definition) is 6. The van der Waals surface area contributed by atoms with Gasteiger partial charge in [-0.1, -0.05) is 43.3 Å². The van der Waals surface area contributed by atoms with Crippen LogP contribution in [0.3, 0.4) is 0 Å². The number of para-hydroxylation sites is 2. The summed E-state index contributed by atoms with van der Waals surface area (Å²) in [4.78, 5) is 57.3. The van der Waals surface area contributed by atoms with E-state index >= 15 is 0 Å². The number of rotatable bonds is 6. The van der Waals surface area contributed by atoms with Crippen LogP contribution in [-0.2, 0) is 22.5 Å². The molecule has 0 fully saturated rings. The summed E-state index contributed by atoms with van der Waals surface area (Å²) in [5.74, 6) is -1.29. The van der Waals surface area contributed by atoms with Crippen molar-refractivity contribution in [2.24, 2.45) is 0 Å². The van der Waals surface area contributed by atoms with Crippen LogP contribution in [0.1, 0.15) is 34.1 Å². The number of aryl methyl sites for hydroxylation is 3. The molecule has 0 aliphatic heterocycles. The molecule has 184 valence electrons. The predicted molar refractivity (Wildman–Crippen MR) is 137 cm³/mol. The van der Waals surface area contributed by atoms with E-state index in [0.717, 1.165) is 15.7 Å². The van der Waals surface area contributed by atoms with E-state index in [9.17, 15) is 19.2 Å². The van der Waals surface area contributed by atoms with E-state index in [1.807, 2.05) is 32.0 Å². The number of nitrogens with zero attached hydrogens (tertiary/aromatic N) is 3.